The van der Waals surface area contributed by atoms with Crippen LogP contribution in [0, 0.1) is 5.92 Å². The van der Waals surface area contributed by atoms with E-state index in [9.17, 15) is 9.90 Å². The van der Waals surface area contributed by atoms with Crippen LogP contribution in [0.2, 0.25) is 5.15 Å². The number of nitrogens with zero attached hydrogens (tertiary/aromatic N) is 4. The molecule has 0 spiro atoms. The molecule has 1 amide bonds. The summed E-state index contributed by atoms with van der Waals surface area (Å²) >= 11 is 5.99. The number of rotatable bonds is 1. The molecule has 1 aliphatic carbocycles. The highest BCUT2D eigenvalue weighted by Gasteiger charge is 2.47. The number of carbonyl (C=O) groups is 1. The molecule has 2 aliphatic rings. The van der Waals surface area contributed by atoms with E-state index in [4.69, 9.17) is 16.3 Å². The van der Waals surface area contributed by atoms with E-state index in [1.165, 1.54) is 6.33 Å². The number of aromatic nitrogens is 4. The highest BCUT2D eigenvalue weighted by Crippen LogP contribution is 2.38. The quantitative estimate of drug-likeness (QED) is 0.744. The molecule has 0 bridgehead atoms. The van der Waals surface area contributed by atoms with Crippen LogP contribution in [0.25, 0.3) is 11.2 Å². The highest BCUT2D eigenvalue weighted by atomic mass is 35.5. The van der Waals surface area contributed by atoms with E-state index >= 15 is 0 Å². The number of imidazole rings is 1. The van der Waals surface area contributed by atoms with Crippen molar-refractivity contribution in [3.63, 3.8) is 0 Å². The van der Waals surface area contributed by atoms with Gasteiger partial charge in [0.25, 0.3) is 0 Å². The van der Waals surface area contributed by atoms with Crippen LogP contribution in [0.15, 0.2) is 12.7 Å². The van der Waals surface area contributed by atoms with E-state index in [2.05, 4.69) is 20.3 Å². The SMILES string of the molecule is O=C1N[C@H]2[C@@H](CO1)C[C@@H](n1cnc3c(Cl)ncnc31)[C@H]2O. The molecule has 110 valence electrons. The predicted octanol–water partition coefficient (Wildman–Crippen LogP) is 0.510. The molecule has 3 heterocycles. The minimum absolute atomic E-state index is 0.0671. The maximum atomic E-state index is 11.3. The number of alkyl carbamates (subject to hydrolysis) is 1. The Bertz CT molecular complexity index is 720. The average Bonchev–Trinajstić information content (AvgIpc) is 3.02. The summed E-state index contributed by atoms with van der Waals surface area (Å²) in [5.41, 5.74) is 1.08. The smallest absolute Gasteiger partial charge is 0.407 e. The lowest BCUT2D eigenvalue weighted by atomic mass is 10.0. The number of nitrogens with one attached hydrogen (secondary N) is 1. The fourth-order valence-electron chi connectivity index (χ4n) is 3.19. The zero-order valence-electron chi connectivity index (χ0n) is 10.8. The van der Waals surface area contributed by atoms with Gasteiger partial charge in [0.05, 0.1) is 31.1 Å². The van der Waals surface area contributed by atoms with Gasteiger partial charge in [0.1, 0.15) is 11.8 Å². The topological polar surface area (TPSA) is 102 Å². The van der Waals surface area contributed by atoms with Crippen molar-refractivity contribution in [2.45, 2.75) is 24.6 Å². The van der Waals surface area contributed by atoms with Crippen molar-refractivity contribution in [1.82, 2.24) is 24.8 Å². The molecule has 21 heavy (non-hydrogen) atoms. The van der Waals surface area contributed by atoms with Gasteiger partial charge >= 0.3 is 6.09 Å². The molecule has 0 unspecified atom stereocenters. The van der Waals surface area contributed by atoms with Gasteiger partial charge in [0, 0.05) is 5.92 Å². The lowest BCUT2D eigenvalue weighted by molar-refractivity contribution is 0.0549. The summed E-state index contributed by atoms with van der Waals surface area (Å²) in [5, 5.41) is 13.5. The number of aliphatic hydroxyl groups excluding tert-OH is 1. The number of hydrogen-bond donors (Lipinski definition) is 2. The third-order valence-corrected chi connectivity index (χ3v) is 4.48. The van der Waals surface area contributed by atoms with Crippen LogP contribution in [-0.4, -0.2) is 49.5 Å². The summed E-state index contributed by atoms with van der Waals surface area (Å²) in [5.74, 6) is 0.0671. The summed E-state index contributed by atoms with van der Waals surface area (Å²) in [6, 6.07) is -0.552. The molecule has 1 aliphatic heterocycles. The van der Waals surface area contributed by atoms with E-state index in [1.807, 2.05) is 0 Å². The van der Waals surface area contributed by atoms with Crippen LogP contribution in [0.5, 0.6) is 0 Å². The maximum Gasteiger partial charge on any atom is 0.407 e. The summed E-state index contributed by atoms with van der Waals surface area (Å²) in [6.07, 6.45) is 2.41. The monoisotopic (exact) mass is 309 g/mol. The Hall–Kier alpha value is -1.93. The van der Waals surface area contributed by atoms with Crippen molar-refractivity contribution in [2.24, 2.45) is 5.92 Å². The molecule has 2 aromatic heterocycles. The Morgan fingerprint density at radius 2 is 2.29 bits per heavy atom. The molecule has 9 heteroatoms. The molecular weight excluding hydrogens is 298 g/mol. The van der Waals surface area contributed by atoms with E-state index in [-0.39, 0.29) is 23.2 Å². The predicted molar refractivity (Wildman–Crippen MR) is 71.8 cm³/mol. The zero-order chi connectivity index (χ0) is 14.6. The van der Waals surface area contributed by atoms with Gasteiger partial charge in [-0.2, -0.15) is 0 Å². The molecule has 0 radical (unpaired) electrons. The standard InChI is InChI=1S/C12H12ClN5O3/c13-10-8-11(15-3-14-10)18(4-16-8)6-1-5-2-21-12(20)17-7(5)9(6)19/h3-7,9,19H,1-2H2,(H,17,20)/t5-,6-,7+,9-/m1/s1. The van der Waals surface area contributed by atoms with Crippen molar-refractivity contribution in [2.75, 3.05) is 6.61 Å². The van der Waals surface area contributed by atoms with Crippen LogP contribution in [0.3, 0.4) is 0 Å². The molecule has 2 aromatic rings. The van der Waals surface area contributed by atoms with Gasteiger partial charge in [0.15, 0.2) is 10.8 Å². The van der Waals surface area contributed by atoms with Gasteiger partial charge in [-0.15, -0.1) is 0 Å². The Balaban J connectivity index is 1.73. The number of fused-ring (bicyclic) bond motifs is 2. The Labute approximate surface area is 124 Å². The van der Waals surface area contributed by atoms with E-state index < -0.39 is 12.2 Å². The molecular formula is C12H12ClN5O3. The fraction of sp³-hybridized carbons (Fsp3) is 0.500. The third-order valence-electron chi connectivity index (χ3n) is 4.20. The number of carbonyl (C=O) groups excluding carboxylic acids is 1. The van der Waals surface area contributed by atoms with Crippen LogP contribution < -0.4 is 5.32 Å². The Kier molecular flexibility index (Phi) is 2.76. The molecule has 0 aromatic carbocycles. The molecule has 8 nitrogen and oxygen atoms in total. The number of ether oxygens (including phenoxy) is 1. The number of hydrogen-bond acceptors (Lipinski definition) is 6. The van der Waals surface area contributed by atoms with Gasteiger partial charge in [-0.05, 0) is 6.42 Å². The van der Waals surface area contributed by atoms with Crippen molar-refractivity contribution in [1.29, 1.82) is 0 Å². The normalized spacial score (nSPS) is 31.8. The second-order valence-corrected chi connectivity index (χ2v) is 5.67. The van der Waals surface area contributed by atoms with Gasteiger partial charge in [-0.25, -0.2) is 19.7 Å². The summed E-state index contributed by atoms with van der Waals surface area (Å²) in [6.45, 7) is 0.312. The lowest BCUT2D eigenvalue weighted by Gasteiger charge is -2.27. The van der Waals surface area contributed by atoms with Crippen LogP contribution in [-0.2, 0) is 4.74 Å². The minimum atomic E-state index is -0.728. The molecule has 1 saturated heterocycles. The molecule has 4 atom stereocenters. The average molecular weight is 310 g/mol. The number of aliphatic hydroxyl groups is 1. The van der Waals surface area contributed by atoms with E-state index in [0.717, 1.165) is 0 Å². The fourth-order valence-corrected chi connectivity index (χ4v) is 3.37. The van der Waals surface area contributed by atoms with Gasteiger partial charge < -0.3 is 19.7 Å². The number of cyclic esters (lactones) is 1. The van der Waals surface area contributed by atoms with Gasteiger partial charge in [-0.1, -0.05) is 11.6 Å². The maximum absolute atomic E-state index is 11.3. The van der Waals surface area contributed by atoms with Crippen LogP contribution >= 0.6 is 11.6 Å². The van der Waals surface area contributed by atoms with E-state index in [1.54, 1.807) is 10.9 Å². The van der Waals surface area contributed by atoms with Crippen LogP contribution in [0.4, 0.5) is 4.79 Å². The number of halogens is 1. The summed E-state index contributed by atoms with van der Waals surface area (Å²) in [4.78, 5) is 23.6. The number of amides is 1. The molecule has 4 rings (SSSR count). The van der Waals surface area contributed by atoms with Crippen molar-refractivity contribution < 1.29 is 14.6 Å². The second kappa shape index (κ2) is 4.54. The van der Waals surface area contributed by atoms with E-state index in [0.29, 0.717) is 24.2 Å². The lowest BCUT2D eigenvalue weighted by Crippen LogP contribution is -2.50. The zero-order valence-corrected chi connectivity index (χ0v) is 11.6. The van der Waals surface area contributed by atoms with Crippen LogP contribution in [0.1, 0.15) is 12.5 Å². The highest BCUT2D eigenvalue weighted by molar-refractivity contribution is 6.33. The molecule has 2 fully saturated rings. The Morgan fingerprint density at radius 3 is 3.14 bits per heavy atom. The summed E-state index contributed by atoms with van der Waals surface area (Å²) in [7, 11) is 0. The van der Waals surface area contributed by atoms with Crippen molar-refractivity contribution in [3.05, 3.63) is 17.8 Å². The first-order valence-electron chi connectivity index (χ1n) is 6.59. The second-order valence-electron chi connectivity index (χ2n) is 5.31. The van der Waals surface area contributed by atoms with Crippen molar-refractivity contribution in [3.8, 4) is 0 Å². The third kappa shape index (κ3) is 1.86. The molecule has 2 N–H and O–H groups in total. The van der Waals surface area contributed by atoms with Gasteiger partial charge in [-0.3, -0.25) is 0 Å². The van der Waals surface area contributed by atoms with Crippen molar-refractivity contribution >= 4 is 28.9 Å². The summed E-state index contributed by atoms with van der Waals surface area (Å²) < 4.78 is 6.77. The first-order chi connectivity index (χ1) is 10.1. The first kappa shape index (κ1) is 12.8. The van der Waals surface area contributed by atoms with Gasteiger partial charge in [0.2, 0.25) is 0 Å². The minimum Gasteiger partial charge on any atom is -0.449 e. The largest absolute Gasteiger partial charge is 0.449 e. The molecule has 1 saturated carbocycles. The first-order valence-corrected chi connectivity index (χ1v) is 6.97. The Morgan fingerprint density at radius 1 is 1.43 bits per heavy atom.